The van der Waals surface area contributed by atoms with Crippen molar-refractivity contribution >= 4 is 11.7 Å². The van der Waals surface area contributed by atoms with E-state index < -0.39 is 0 Å². The van der Waals surface area contributed by atoms with Gasteiger partial charge in [-0.15, -0.1) is 0 Å². The van der Waals surface area contributed by atoms with Crippen LogP contribution in [-0.2, 0) is 17.9 Å². The Morgan fingerprint density at radius 1 is 1.14 bits per heavy atom. The molecule has 2 atom stereocenters. The monoisotopic (exact) mass is 475 g/mol. The van der Waals surface area contributed by atoms with E-state index in [1.807, 2.05) is 60.9 Å². The lowest BCUT2D eigenvalue weighted by Crippen LogP contribution is -2.29. The fourth-order valence-electron chi connectivity index (χ4n) is 4.74. The number of carbonyl (C=O) groups is 2. The molecular formula is C28H33N3O4. The number of carbonyl (C=O) groups excluding carboxylic acids is 2. The minimum atomic E-state index is -0.188. The summed E-state index contributed by atoms with van der Waals surface area (Å²) in [5.41, 5.74) is 3.65. The van der Waals surface area contributed by atoms with E-state index in [1.54, 1.807) is 19.4 Å². The summed E-state index contributed by atoms with van der Waals surface area (Å²) in [5.74, 6) is 0.406. The molecule has 7 heteroatoms. The van der Waals surface area contributed by atoms with Crippen LogP contribution in [0.2, 0.25) is 0 Å². The Morgan fingerprint density at radius 3 is 2.66 bits per heavy atom. The number of methoxy groups -OCH3 is 1. The zero-order chi connectivity index (χ0) is 24.8. The number of pyridine rings is 1. The van der Waals surface area contributed by atoms with Crippen molar-refractivity contribution in [3.63, 3.8) is 0 Å². The van der Waals surface area contributed by atoms with Crippen molar-refractivity contribution in [3.05, 3.63) is 82.9 Å². The van der Waals surface area contributed by atoms with Gasteiger partial charge in [-0.05, 0) is 36.6 Å². The maximum Gasteiger partial charge on any atom is 0.253 e. The first-order valence-corrected chi connectivity index (χ1v) is 12.2. The van der Waals surface area contributed by atoms with E-state index in [1.165, 1.54) is 0 Å². The van der Waals surface area contributed by atoms with Crippen LogP contribution in [-0.4, -0.2) is 35.0 Å². The Bertz CT molecular complexity index is 1170. The predicted molar refractivity (Wildman–Crippen MR) is 134 cm³/mol. The number of ether oxygens (including phenoxy) is 2. The van der Waals surface area contributed by atoms with Crippen molar-refractivity contribution in [1.82, 2.24) is 14.9 Å². The van der Waals surface area contributed by atoms with E-state index >= 15 is 0 Å². The van der Waals surface area contributed by atoms with E-state index in [4.69, 9.17) is 9.47 Å². The highest BCUT2D eigenvalue weighted by Crippen LogP contribution is 2.32. The van der Waals surface area contributed by atoms with Crippen LogP contribution in [0.15, 0.2) is 54.7 Å². The molecule has 3 aromatic rings. The molecule has 1 aliphatic rings. The Labute approximate surface area is 206 Å². The largest absolute Gasteiger partial charge is 0.495 e. The first kappa shape index (κ1) is 24.7. The van der Waals surface area contributed by atoms with Gasteiger partial charge in [-0.2, -0.15) is 0 Å². The highest BCUT2D eigenvalue weighted by atomic mass is 16.5. The smallest absolute Gasteiger partial charge is 0.253 e. The number of Topliss-reactive ketones (excluding diaryl/α,β-unsaturated/α-hetero) is 1. The first-order chi connectivity index (χ1) is 17.1. The average Bonchev–Trinajstić information content (AvgIpc) is 3.30. The van der Waals surface area contributed by atoms with E-state index in [0.717, 1.165) is 29.8 Å². The standard InChI is InChI=1S/C28H33N3O4/c1-4-19(27-26(34-3)12-9-13-29-27)16-25(32)23-17-21(24-18-35-15-14-31(23)24)28(33)30-22(5-2)20-10-7-6-8-11-20/h6-13,17,19,22H,4-5,14-16,18H2,1-3H3,(H,30,33)/t19-,22+/m0/s1. The normalized spacial score (nSPS) is 14.6. The molecule has 0 bridgehead atoms. The lowest BCUT2D eigenvalue weighted by atomic mass is 9.93. The maximum atomic E-state index is 13.5. The summed E-state index contributed by atoms with van der Waals surface area (Å²) in [6.07, 6.45) is 3.52. The quantitative estimate of drug-likeness (QED) is 0.414. The fourth-order valence-corrected chi connectivity index (χ4v) is 4.74. The summed E-state index contributed by atoms with van der Waals surface area (Å²) in [7, 11) is 1.61. The summed E-state index contributed by atoms with van der Waals surface area (Å²) < 4.78 is 13.1. The van der Waals surface area contributed by atoms with Gasteiger partial charge in [-0.25, -0.2) is 0 Å². The van der Waals surface area contributed by atoms with Gasteiger partial charge in [0.05, 0.1) is 49.0 Å². The third kappa shape index (κ3) is 5.30. The van der Waals surface area contributed by atoms with Crippen molar-refractivity contribution < 1.29 is 19.1 Å². The van der Waals surface area contributed by atoms with Crippen LogP contribution >= 0.6 is 0 Å². The average molecular weight is 476 g/mol. The second kappa shape index (κ2) is 11.3. The molecule has 3 heterocycles. The molecule has 1 amide bonds. The molecule has 1 aliphatic heterocycles. The van der Waals surface area contributed by atoms with Crippen LogP contribution in [0.5, 0.6) is 5.75 Å². The van der Waals surface area contributed by atoms with Gasteiger partial charge >= 0.3 is 0 Å². The second-order valence-electron chi connectivity index (χ2n) is 8.76. The maximum absolute atomic E-state index is 13.5. The predicted octanol–water partition coefficient (Wildman–Crippen LogP) is 5.07. The minimum absolute atomic E-state index is 0.0122. The molecule has 0 aliphatic carbocycles. The van der Waals surface area contributed by atoms with Crippen LogP contribution in [0.4, 0.5) is 0 Å². The number of amides is 1. The molecule has 0 unspecified atom stereocenters. The van der Waals surface area contributed by atoms with E-state index in [0.29, 0.717) is 36.8 Å². The third-order valence-electron chi connectivity index (χ3n) is 6.68. The molecule has 7 nitrogen and oxygen atoms in total. The number of nitrogens with zero attached hydrogens (tertiary/aromatic N) is 2. The molecule has 1 N–H and O–H groups in total. The zero-order valence-electron chi connectivity index (χ0n) is 20.6. The molecular weight excluding hydrogens is 442 g/mol. The summed E-state index contributed by atoms with van der Waals surface area (Å²) in [5, 5.41) is 3.15. The summed E-state index contributed by atoms with van der Waals surface area (Å²) in [4.78, 5) is 31.4. The lowest BCUT2D eigenvalue weighted by molar-refractivity contribution is 0.0780. The Morgan fingerprint density at radius 2 is 1.94 bits per heavy atom. The van der Waals surface area contributed by atoms with Crippen LogP contribution in [0.3, 0.4) is 0 Å². The van der Waals surface area contributed by atoms with Crippen LogP contribution in [0.1, 0.15) is 82.9 Å². The number of benzene rings is 1. The Hall–Kier alpha value is -3.45. The molecule has 184 valence electrons. The highest BCUT2D eigenvalue weighted by molar-refractivity contribution is 6.01. The molecule has 0 saturated carbocycles. The van der Waals surface area contributed by atoms with Gasteiger partial charge in [0.25, 0.3) is 5.91 Å². The van der Waals surface area contributed by atoms with Gasteiger partial charge in [-0.1, -0.05) is 44.2 Å². The van der Waals surface area contributed by atoms with Gasteiger partial charge in [0, 0.05) is 25.1 Å². The molecule has 0 radical (unpaired) electrons. The van der Waals surface area contributed by atoms with Crippen molar-refractivity contribution in [1.29, 1.82) is 0 Å². The number of rotatable bonds is 10. The van der Waals surface area contributed by atoms with Gasteiger partial charge in [-0.3, -0.25) is 14.6 Å². The number of ketones is 1. The summed E-state index contributed by atoms with van der Waals surface area (Å²) in [6, 6.07) is 15.2. The number of hydrogen-bond acceptors (Lipinski definition) is 5. The number of nitrogens with one attached hydrogen (secondary N) is 1. The second-order valence-corrected chi connectivity index (χ2v) is 8.76. The fraction of sp³-hybridized carbons (Fsp3) is 0.393. The van der Waals surface area contributed by atoms with Gasteiger partial charge in [0.15, 0.2) is 5.78 Å². The Kier molecular flexibility index (Phi) is 7.98. The SMILES string of the molecule is CC[C@@H](CC(=O)c1cc(C(=O)N[C@H](CC)c2ccccc2)c2n1CCOC2)c1ncccc1OC. The number of hydrogen-bond donors (Lipinski definition) is 1. The third-order valence-corrected chi connectivity index (χ3v) is 6.68. The Balaban J connectivity index is 1.60. The number of fused-ring (bicyclic) bond motifs is 1. The lowest BCUT2D eigenvalue weighted by Gasteiger charge is -2.21. The van der Waals surface area contributed by atoms with Crippen molar-refractivity contribution in [2.24, 2.45) is 0 Å². The molecule has 4 rings (SSSR count). The van der Waals surface area contributed by atoms with Gasteiger partial charge in [0.1, 0.15) is 5.75 Å². The summed E-state index contributed by atoms with van der Waals surface area (Å²) >= 11 is 0. The van der Waals surface area contributed by atoms with Crippen LogP contribution in [0.25, 0.3) is 0 Å². The van der Waals surface area contributed by atoms with Crippen molar-refractivity contribution in [2.75, 3.05) is 13.7 Å². The van der Waals surface area contributed by atoms with Gasteiger partial charge < -0.3 is 19.4 Å². The van der Waals surface area contributed by atoms with Crippen LogP contribution in [0, 0.1) is 0 Å². The molecule has 35 heavy (non-hydrogen) atoms. The highest BCUT2D eigenvalue weighted by Gasteiger charge is 2.29. The van der Waals surface area contributed by atoms with Crippen LogP contribution < -0.4 is 10.1 Å². The number of aromatic nitrogens is 2. The molecule has 0 spiro atoms. The van der Waals surface area contributed by atoms with E-state index in [2.05, 4.69) is 10.3 Å². The van der Waals surface area contributed by atoms with E-state index in [-0.39, 0.29) is 30.1 Å². The summed E-state index contributed by atoms with van der Waals surface area (Å²) in [6.45, 7) is 5.45. The zero-order valence-corrected chi connectivity index (χ0v) is 20.6. The van der Waals surface area contributed by atoms with Crippen molar-refractivity contribution in [3.8, 4) is 5.75 Å². The first-order valence-electron chi connectivity index (χ1n) is 12.2. The minimum Gasteiger partial charge on any atom is -0.495 e. The molecule has 0 fully saturated rings. The molecule has 1 aromatic carbocycles. The molecule has 0 saturated heterocycles. The van der Waals surface area contributed by atoms with Crippen molar-refractivity contribution in [2.45, 2.75) is 58.2 Å². The van der Waals surface area contributed by atoms with E-state index in [9.17, 15) is 9.59 Å². The van der Waals surface area contributed by atoms with Gasteiger partial charge in [0.2, 0.25) is 0 Å². The molecule has 2 aromatic heterocycles. The topological polar surface area (TPSA) is 82.5 Å².